The highest BCUT2D eigenvalue weighted by atomic mass is 35.5. The topological polar surface area (TPSA) is 46.9 Å². The molecule has 112 valence electrons. The van der Waals surface area contributed by atoms with E-state index in [4.69, 9.17) is 11.6 Å². The van der Waals surface area contributed by atoms with Gasteiger partial charge in [0.25, 0.3) is 5.91 Å². The quantitative estimate of drug-likeness (QED) is 0.942. The molecule has 1 aromatic heterocycles. The van der Waals surface area contributed by atoms with Gasteiger partial charge in [-0.3, -0.25) is 9.48 Å². The van der Waals surface area contributed by atoms with E-state index in [-0.39, 0.29) is 17.0 Å². The van der Waals surface area contributed by atoms with Gasteiger partial charge < -0.3 is 5.32 Å². The molecule has 6 heteroatoms. The SMILES string of the molecule is CCc1cc(C(=O)NC(C)c2ccc(F)c(Cl)c2)n(C)n1. The van der Waals surface area contributed by atoms with Crippen LogP contribution in [-0.2, 0) is 13.5 Å². The largest absolute Gasteiger partial charge is 0.344 e. The summed E-state index contributed by atoms with van der Waals surface area (Å²) in [4.78, 5) is 12.3. The maximum absolute atomic E-state index is 13.2. The molecule has 0 radical (unpaired) electrons. The van der Waals surface area contributed by atoms with Crippen LogP contribution in [0, 0.1) is 5.82 Å². The van der Waals surface area contributed by atoms with Gasteiger partial charge in [-0.05, 0) is 37.1 Å². The summed E-state index contributed by atoms with van der Waals surface area (Å²) in [7, 11) is 1.73. The Bertz CT molecular complexity index is 669. The number of aromatic nitrogens is 2. The van der Waals surface area contributed by atoms with Gasteiger partial charge in [0.1, 0.15) is 11.5 Å². The highest BCUT2D eigenvalue weighted by Crippen LogP contribution is 2.21. The van der Waals surface area contributed by atoms with Crippen molar-refractivity contribution in [2.75, 3.05) is 0 Å². The Morgan fingerprint density at radius 2 is 2.19 bits per heavy atom. The molecule has 1 heterocycles. The van der Waals surface area contributed by atoms with E-state index in [1.165, 1.54) is 12.1 Å². The number of carbonyl (C=O) groups is 1. The van der Waals surface area contributed by atoms with Crippen molar-refractivity contribution in [2.45, 2.75) is 26.3 Å². The molecule has 0 spiro atoms. The zero-order valence-corrected chi connectivity index (χ0v) is 12.9. The summed E-state index contributed by atoms with van der Waals surface area (Å²) in [6.07, 6.45) is 0.768. The molecule has 1 aromatic carbocycles. The number of halogens is 2. The van der Waals surface area contributed by atoms with Gasteiger partial charge in [-0.25, -0.2) is 4.39 Å². The lowest BCUT2D eigenvalue weighted by molar-refractivity contribution is 0.0930. The number of hydrogen-bond acceptors (Lipinski definition) is 2. The minimum absolute atomic E-state index is 0.0439. The van der Waals surface area contributed by atoms with Crippen molar-refractivity contribution in [3.63, 3.8) is 0 Å². The molecule has 1 unspecified atom stereocenters. The molecule has 21 heavy (non-hydrogen) atoms. The summed E-state index contributed by atoms with van der Waals surface area (Å²) < 4.78 is 14.7. The van der Waals surface area contributed by atoms with Gasteiger partial charge in [0.15, 0.2) is 0 Å². The van der Waals surface area contributed by atoms with Crippen LogP contribution in [0.4, 0.5) is 4.39 Å². The lowest BCUT2D eigenvalue weighted by Crippen LogP contribution is -2.28. The number of amides is 1. The number of carbonyl (C=O) groups excluding carboxylic acids is 1. The molecular weight excluding hydrogens is 293 g/mol. The van der Waals surface area contributed by atoms with Crippen molar-refractivity contribution in [1.29, 1.82) is 0 Å². The van der Waals surface area contributed by atoms with Crippen LogP contribution in [0.25, 0.3) is 0 Å². The number of benzene rings is 1. The van der Waals surface area contributed by atoms with Gasteiger partial charge in [0.05, 0.1) is 16.8 Å². The van der Waals surface area contributed by atoms with Crippen LogP contribution in [0.15, 0.2) is 24.3 Å². The fourth-order valence-electron chi connectivity index (χ4n) is 2.05. The van der Waals surface area contributed by atoms with E-state index in [1.54, 1.807) is 23.9 Å². The maximum atomic E-state index is 13.2. The molecule has 1 N–H and O–H groups in total. The van der Waals surface area contributed by atoms with E-state index in [2.05, 4.69) is 10.4 Å². The molecule has 2 aromatic rings. The summed E-state index contributed by atoms with van der Waals surface area (Å²) in [5.41, 5.74) is 2.10. The second kappa shape index (κ2) is 6.26. The molecule has 0 aliphatic heterocycles. The smallest absolute Gasteiger partial charge is 0.270 e. The van der Waals surface area contributed by atoms with Gasteiger partial charge in [-0.15, -0.1) is 0 Å². The minimum atomic E-state index is -0.474. The van der Waals surface area contributed by atoms with Gasteiger partial charge in [0.2, 0.25) is 0 Å². The third-order valence-corrected chi connectivity index (χ3v) is 3.61. The first-order valence-electron chi connectivity index (χ1n) is 6.71. The second-order valence-electron chi connectivity index (χ2n) is 4.87. The fourth-order valence-corrected chi connectivity index (χ4v) is 2.24. The highest BCUT2D eigenvalue weighted by Gasteiger charge is 2.16. The van der Waals surface area contributed by atoms with Crippen LogP contribution in [0.2, 0.25) is 5.02 Å². The summed E-state index contributed by atoms with van der Waals surface area (Å²) in [5.74, 6) is -0.698. The fraction of sp³-hybridized carbons (Fsp3) is 0.333. The van der Waals surface area contributed by atoms with Crippen LogP contribution < -0.4 is 5.32 Å². The predicted molar refractivity (Wildman–Crippen MR) is 79.9 cm³/mol. The highest BCUT2D eigenvalue weighted by molar-refractivity contribution is 6.30. The minimum Gasteiger partial charge on any atom is -0.344 e. The van der Waals surface area contributed by atoms with Crippen molar-refractivity contribution < 1.29 is 9.18 Å². The van der Waals surface area contributed by atoms with E-state index in [0.717, 1.165) is 17.7 Å². The first kappa shape index (κ1) is 15.5. The van der Waals surface area contributed by atoms with Crippen molar-refractivity contribution >= 4 is 17.5 Å². The lowest BCUT2D eigenvalue weighted by Gasteiger charge is -2.14. The molecule has 0 fully saturated rings. The molecule has 0 aliphatic carbocycles. The van der Waals surface area contributed by atoms with E-state index < -0.39 is 5.82 Å². The summed E-state index contributed by atoms with van der Waals surface area (Å²) in [5, 5.41) is 7.14. The van der Waals surface area contributed by atoms with Crippen molar-refractivity contribution in [3.05, 3.63) is 52.1 Å². The molecule has 1 amide bonds. The van der Waals surface area contributed by atoms with Gasteiger partial charge >= 0.3 is 0 Å². The Morgan fingerprint density at radius 1 is 1.48 bits per heavy atom. The first-order chi connectivity index (χ1) is 9.92. The molecule has 1 atom stereocenters. The van der Waals surface area contributed by atoms with Crippen LogP contribution in [-0.4, -0.2) is 15.7 Å². The van der Waals surface area contributed by atoms with E-state index in [0.29, 0.717) is 5.69 Å². The van der Waals surface area contributed by atoms with Crippen molar-refractivity contribution in [3.8, 4) is 0 Å². The Kier molecular flexibility index (Phi) is 4.63. The van der Waals surface area contributed by atoms with Gasteiger partial charge in [-0.2, -0.15) is 5.10 Å². The third-order valence-electron chi connectivity index (χ3n) is 3.32. The van der Waals surface area contributed by atoms with Crippen molar-refractivity contribution in [2.24, 2.45) is 7.05 Å². The summed E-state index contributed by atoms with van der Waals surface area (Å²) in [6.45, 7) is 3.80. The second-order valence-corrected chi connectivity index (χ2v) is 5.27. The van der Waals surface area contributed by atoms with E-state index in [1.807, 2.05) is 13.8 Å². The predicted octanol–water partition coefficient (Wildman–Crippen LogP) is 3.27. The van der Waals surface area contributed by atoms with Crippen molar-refractivity contribution in [1.82, 2.24) is 15.1 Å². The Morgan fingerprint density at radius 3 is 2.76 bits per heavy atom. The molecule has 0 saturated carbocycles. The van der Waals surface area contributed by atoms with Crippen LogP contribution in [0.1, 0.15) is 41.6 Å². The van der Waals surface area contributed by atoms with Crippen LogP contribution in [0.5, 0.6) is 0 Å². The molecule has 0 aliphatic rings. The number of aryl methyl sites for hydroxylation is 2. The van der Waals surface area contributed by atoms with E-state index >= 15 is 0 Å². The molecular formula is C15H17ClFN3O. The summed E-state index contributed by atoms with van der Waals surface area (Å²) >= 11 is 5.76. The zero-order chi connectivity index (χ0) is 15.6. The van der Waals surface area contributed by atoms with Crippen LogP contribution in [0.3, 0.4) is 0 Å². The Hall–Kier alpha value is -1.88. The molecule has 0 saturated heterocycles. The monoisotopic (exact) mass is 309 g/mol. The number of nitrogens with zero attached hydrogens (tertiary/aromatic N) is 2. The Labute approximate surface area is 127 Å². The lowest BCUT2D eigenvalue weighted by atomic mass is 10.1. The van der Waals surface area contributed by atoms with Crippen LogP contribution >= 0.6 is 11.6 Å². The number of nitrogens with one attached hydrogen (secondary N) is 1. The number of hydrogen-bond donors (Lipinski definition) is 1. The first-order valence-corrected chi connectivity index (χ1v) is 7.09. The molecule has 0 bridgehead atoms. The van der Waals surface area contributed by atoms with Gasteiger partial charge in [-0.1, -0.05) is 24.6 Å². The number of rotatable bonds is 4. The standard InChI is InChI=1S/C15H17ClFN3O/c1-4-11-8-14(20(3)19-11)15(21)18-9(2)10-5-6-13(17)12(16)7-10/h5-9H,4H2,1-3H3,(H,18,21). The molecule has 2 rings (SSSR count). The average molecular weight is 310 g/mol. The Balaban J connectivity index is 2.14. The third kappa shape index (κ3) is 3.42. The van der Waals surface area contributed by atoms with E-state index in [9.17, 15) is 9.18 Å². The molecule has 4 nitrogen and oxygen atoms in total. The summed E-state index contributed by atoms with van der Waals surface area (Å²) in [6, 6.07) is 5.89. The average Bonchev–Trinajstić information content (AvgIpc) is 2.83. The normalized spacial score (nSPS) is 12.2. The maximum Gasteiger partial charge on any atom is 0.270 e. The zero-order valence-electron chi connectivity index (χ0n) is 12.2. The van der Waals surface area contributed by atoms with Gasteiger partial charge in [0, 0.05) is 7.05 Å².